The molecule has 1 atom stereocenters. The summed E-state index contributed by atoms with van der Waals surface area (Å²) in [6, 6.07) is 22.6. The molecule has 160 valence electrons. The van der Waals surface area contributed by atoms with E-state index in [1.807, 2.05) is 73.6 Å². The molecule has 3 aromatic carbocycles. The van der Waals surface area contributed by atoms with Gasteiger partial charge in [0.25, 0.3) is 0 Å². The van der Waals surface area contributed by atoms with E-state index in [4.69, 9.17) is 11.6 Å². The number of anilines is 3. The summed E-state index contributed by atoms with van der Waals surface area (Å²) in [5.41, 5.74) is 3.21. The number of carbonyl (C=O) groups excluding carboxylic acids is 2. The molecule has 3 N–H and O–H groups in total. The number of urea groups is 1. The van der Waals surface area contributed by atoms with Gasteiger partial charge in [-0.05, 0) is 54.1 Å². The van der Waals surface area contributed by atoms with Crippen LogP contribution in [0.2, 0.25) is 5.02 Å². The molecule has 0 aromatic heterocycles. The monoisotopic (exact) mass is 436 g/mol. The van der Waals surface area contributed by atoms with Crippen LogP contribution in [-0.2, 0) is 11.2 Å². The van der Waals surface area contributed by atoms with Gasteiger partial charge in [0.1, 0.15) is 6.04 Å². The molecule has 7 heteroatoms. The molecule has 0 saturated carbocycles. The van der Waals surface area contributed by atoms with Gasteiger partial charge in [-0.2, -0.15) is 0 Å². The first-order valence-electron chi connectivity index (χ1n) is 9.86. The summed E-state index contributed by atoms with van der Waals surface area (Å²) in [7, 11) is 3.90. The van der Waals surface area contributed by atoms with Crippen molar-refractivity contribution in [3.63, 3.8) is 0 Å². The minimum atomic E-state index is -0.761. The van der Waals surface area contributed by atoms with E-state index in [0.717, 1.165) is 11.3 Å². The van der Waals surface area contributed by atoms with Gasteiger partial charge in [0.15, 0.2) is 0 Å². The van der Waals surface area contributed by atoms with Crippen LogP contribution < -0.4 is 20.9 Å². The number of hydrogen-bond acceptors (Lipinski definition) is 3. The zero-order chi connectivity index (χ0) is 22.2. The first kappa shape index (κ1) is 22.2. The Bertz CT molecular complexity index is 1010. The minimum Gasteiger partial charge on any atom is -0.378 e. The van der Waals surface area contributed by atoms with Crippen LogP contribution in [0.3, 0.4) is 0 Å². The van der Waals surface area contributed by atoms with E-state index in [-0.39, 0.29) is 5.91 Å². The van der Waals surface area contributed by atoms with Crippen LogP contribution in [0, 0.1) is 0 Å². The van der Waals surface area contributed by atoms with Crippen molar-refractivity contribution >= 4 is 40.6 Å². The molecule has 0 heterocycles. The van der Waals surface area contributed by atoms with Gasteiger partial charge in [-0.3, -0.25) is 4.79 Å². The van der Waals surface area contributed by atoms with E-state index in [1.165, 1.54) is 0 Å². The lowest BCUT2D eigenvalue weighted by Gasteiger charge is -2.20. The van der Waals surface area contributed by atoms with Crippen LogP contribution in [0.25, 0.3) is 0 Å². The van der Waals surface area contributed by atoms with E-state index in [1.54, 1.807) is 24.3 Å². The minimum absolute atomic E-state index is 0.298. The molecule has 0 aliphatic heterocycles. The Morgan fingerprint density at radius 1 is 0.839 bits per heavy atom. The normalized spacial score (nSPS) is 11.3. The lowest BCUT2D eigenvalue weighted by Crippen LogP contribution is -2.46. The molecule has 31 heavy (non-hydrogen) atoms. The van der Waals surface area contributed by atoms with Crippen molar-refractivity contribution in [2.75, 3.05) is 29.6 Å². The molecule has 0 aliphatic rings. The molecule has 0 saturated heterocycles. The average Bonchev–Trinajstić information content (AvgIpc) is 2.76. The summed E-state index contributed by atoms with van der Waals surface area (Å²) in [5, 5.41) is 8.97. The van der Waals surface area contributed by atoms with Crippen molar-refractivity contribution in [2.24, 2.45) is 0 Å². The quantitative estimate of drug-likeness (QED) is 0.499. The highest BCUT2D eigenvalue weighted by Gasteiger charge is 2.21. The first-order valence-corrected chi connectivity index (χ1v) is 10.2. The van der Waals surface area contributed by atoms with Crippen molar-refractivity contribution in [2.45, 2.75) is 12.5 Å². The Labute approximate surface area is 187 Å². The Morgan fingerprint density at radius 2 is 1.42 bits per heavy atom. The van der Waals surface area contributed by atoms with Gasteiger partial charge in [0.2, 0.25) is 5.91 Å². The van der Waals surface area contributed by atoms with Gasteiger partial charge in [-0.25, -0.2) is 4.79 Å². The number of nitrogens with zero attached hydrogens (tertiary/aromatic N) is 1. The van der Waals surface area contributed by atoms with Crippen molar-refractivity contribution in [3.05, 3.63) is 89.4 Å². The number of rotatable bonds is 7. The van der Waals surface area contributed by atoms with Crippen LogP contribution >= 0.6 is 11.6 Å². The van der Waals surface area contributed by atoms with E-state index in [2.05, 4.69) is 16.0 Å². The van der Waals surface area contributed by atoms with E-state index < -0.39 is 12.1 Å². The Kier molecular flexibility index (Phi) is 7.51. The fourth-order valence-corrected chi connectivity index (χ4v) is 3.12. The second kappa shape index (κ2) is 10.5. The number of amides is 3. The highest BCUT2D eigenvalue weighted by Crippen LogP contribution is 2.17. The summed E-state index contributed by atoms with van der Waals surface area (Å²) in [5.74, 6) is -0.298. The topological polar surface area (TPSA) is 73.5 Å². The first-order chi connectivity index (χ1) is 14.9. The number of carbonyl (C=O) groups is 2. The maximum absolute atomic E-state index is 13.0. The number of halogens is 1. The summed E-state index contributed by atoms with van der Waals surface area (Å²) < 4.78 is 0. The standard InChI is InChI=1S/C24H25ClN4O2/c1-29(2)21-14-12-19(13-15-21)26-23(30)22(16-17-6-4-3-5-7-17)28-24(31)27-20-10-8-18(25)9-11-20/h3-15,22H,16H2,1-2H3,(H,26,30)(H2,27,28,31). The number of benzene rings is 3. The zero-order valence-corrected chi connectivity index (χ0v) is 18.2. The van der Waals surface area contributed by atoms with Gasteiger partial charge in [-0.1, -0.05) is 41.9 Å². The summed E-state index contributed by atoms with van der Waals surface area (Å²) >= 11 is 5.88. The second-order valence-electron chi connectivity index (χ2n) is 7.28. The number of nitrogens with one attached hydrogen (secondary N) is 3. The third-order valence-electron chi connectivity index (χ3n) is 4.66. The molecule has 0 aliphatic carbocycles. The maximum Gasteiger partial charge on any atom is 0.319 e. The molecule has 1 unspecified atom stereocenters. The van der Waals surface area contributed by atoms with Crippen LogP contribution in [0.4, 0.5) is 21.9 Å². The van der Waals surface area contributed by atoms with E-state index in [9.17, 15) is 9.59 Å². The third-order valence-corrected chi connectivity index (χ3v) is 4.91. The third kappa shape index (κ3) is 6.76. The summed E-state index contributed by atoms with van der Waals surface area (Å²) in [6.07, 6.45) is 0.358. The van der Waals surface area contributed by atoms with Gasteiger partial charge in [0, 0.05) is 42.6 Å². The van der Waals surface area contributed by atoms with Crippen LogP contribution in [0.1, 0.15) is 5.56 Å². The zero-order valence-electron chi connectivity index (χ0n) is 17.4. The van der Waals surface area contributed by atoms with Crippen molar-refractivity contribution < 1.29 is 9.59 Å². The van der Waals surface area contributed by atoms with Crippen molar-refractivity contribution in [1.29, 1.82) is 0 Å². The summed E-state index contributed by atoms with van der Waals surface area (Å²) in [4.78, 5) is 27.5. The Hall–Kier alpha value is -3.51. The highest BCUT2D eigenvalue weighted by molar-refractivity contribution is 6.30. The predicted octanol–water partition coefficient (Wildman–Crippen LogP) is 4.78. The van der Waals surface area contributed by atoms with Gasteiger partial charge in [-0.15, -0.1) is 0 Å². The Morgan fingerprint density at radius 3 is 2.03 bits per heavy atom. The van der Waals surface area contributed by atoms with Gasteiger partial charge < -0.3 is 20.9 Å². The molecular weight excluding hydrogens is 412 g/mol. The van der Waals surface area contributed by atoms with Gasteiger partial charge >= 0.3 is 6.03 Å². The molecular formula is C24H25ClN4O2. The number of hydrogen-bond donors (Lipinski definition) is 3. The SMILES string of the molecule is CN(C)c1ccc(NC(=O)C(Cc2ccccc2)NC(=O)Nc2ccc(Cl)cc2)cc1. The lowest BCUT2D eigenvalue weighted by molar-refractivity contribution is -0.117. The average molecular weight is 437 g/mol. The van der Waals surface area contributed by atoms with Crippen LogP contribution in [0.15, 0.2) is 78.9 Å². The fourth-order valence-electron chi connectivity index (χ4n) is 2.99. The fraction of sp³-hybridized carbons (Fsp3) is 0.167. The lowest BCUT2D eigenvalue weighted by atomic mass is 10.1. The molecule has 3 aromatic rings. The Balaban J connectivity index is 1.70. The van der Waals surface area contributed by atoms with Crippen LogP contribution in [0.5, 0.6) is 0 Å². The van der Waals surface area contributed by atoms with E-state index in [0.29, 0.717) is 22.8 Å². The molecule has 0 spiro atoms. The predicted molar refractivity (Wildman–Crippen MR) is 127 cm³/mol. The molecule has 6 nitrogen and oxygen atoms in total. The molecule has 0 bridgehead atoms. The molecule has 0 radical (unpaired) electrons. The molecule has 0 fully saturated rings. The van der Waals surface area contributed by atoms with Crippen molar-refractivity contribution in [1.82, 2.24) is 5.32 Å². The van der Waals surface area contributed by atoms with Crippen molar-refractivity contribution in [3.8, 4) is 0 Å². The maximum atomic E-state index is 13.0. The van der Waals surface area contributed by atoms with E-state index >= 15 is 0 Å². The summed E-state index contributed by atoms with van der Waals surface area (Å²) in [6.45, 7) is 0. The largest absolute Gasteiger partial charge is 0.378 e. The van der Waals surface area contributed by atoms with Gasteiger partial charge in [0.05, 0.1) is 0 Å². The second-order valence-corrected chi connectivity index (χ2v) is 7.71. The molecule has 3 rings (SSSR count). The van der Waals surface area contributed by atoms with Crippen LogP contribution in [-0.4, -0.2) is 32.1 Å². The smallest absolute Gasteiger partial charge is 0.319 e. The molecule has 3 amide bonds. The highest BCUT2D eigenvalue weighted by atomic mass is 35.5.